The van der Waals surface area contributed by atoms with Crippen molar-refractivity contribution in [3.05, 3.63) is 0 Å². The number of hydrogen-bond donors (Lipinski definition) is 0. The Balaban J connectivity index is 0. The molecule has 0 aromatic rings. The van der Waals surface area contributed by atoms with Crippen LogP contribution in [0.4, 0.5) is 0 Å². The van der Waals surface area contributed by atoms with Gasteiger partial charge in [0.25, 0.3) is 0 Å². The minimum Gasteiger partial charge on any atom is -0.305 e. The summed E-state index contributed by atoms with van der Waals surface area (Å²) in [5.41, 5.74) is 0. The van der Waals surface area contributed by atoms with Crippen LogP contribution in [-0.2, 0) is 0 Å². The quantitative estimate of drug-likeness (QED) is 0.732. The second-order valence-electron chi connectivity index (χ2n) is 3.85. The first-order valence-corrected chi connectivity index (χ1v) is 7.24. The molecule has 0 aromatic carbocycles. The topological polar surface area (TPSA) is 6.48 Å². The van der Waals surface area contributed by atoms with Crippen LogP contribution in [0.25, 0.3) is 0 Å². The Kier molecular flexibility index (Phi) is 17.1. The summed E-state index contributed by atoms with van der Waals surface area (Å²) in [6, 6.07) is 0. The molecule has 0 radical (unpaired) electrons. The first kappa shape index (κ1) is 18.3. The maximum absolute atomic E-state index is 2.60. The van der Waals surface area contributed by atoms with Crippen LogP contribution < -0.4 is 0 Å². The van der Waals surface area contributed by atoms with E-state index < -0.39 is 0 Å². The molecule has 0 saturated carbocycles. The summed E-state index contributed by atoms with van der Waals surface area (Å²) < 4.78 is 0. The molecule has 0 N–H and O–H groups in total. The fourth-order valence-electron chi connectivity index (χ4n) is 1.71. The highest BCUT2D eigenvalue weighted by Crippen LogP contribution is 2.02. The van der Waals surface area contributed by atoms with Gasteiger partial charge in [-0.05, 0) is 39.5 Å². The molecule has 1 saturated heterocycles. The summed E-state index contributed by atoms with van der Waals surface area (Å²) in [4.78, 5) is 5.04. The van der Waals surface area contributed by atoms with Gasteiger partial charge in [-0.1, -0.05) is 41.0 Å². The van der Waals surface area contributed by atoms with Gasteiger partial charge in [-0.15, -0.1) is 0 Å². The zero-order valence-electron chi connectivity index (χ0n) is 12.6. The molecular weight excluding hydrogens is 196 g/mol. The molecule has 100 valence electrons. The molecule has 0 aliphatic carbocycles. The summed E-state index contributed by atoms with van der Waals surface area (Å²) in [7, 11) is 2.23. The van der Waals surface area contributed by atoms with Gasteiger partial charge in [-0.3, -0.25) is 0 Å². The zero-order chi connectivity index (χ0) is 12.8. The van der Waals surface area contributed by atoms with Gasteiger partial charge in [0.15, 0.2) is 0 Å². The summed E-state index contributed by atoms with van der Waals surface area (Å²) in [6.45, 7) is 16.7. The second kappa shape index (κ2) is 14.9. The average molecular weight is 230 g/mol. The number of nitrogens with zero attached hydrogens (tertiary/aromatic N) is 2. The normalized spacial score (nSPS) is 17.6. The molecule has 0 unspecified atom stereocenters. The maximum Gasteiger partial charge on any atom is 0.0109 e. The highest BCUT2D eigenvalue weighted by atomic mass is 15.2. The van der Waals surface area contributed by atoms with E-state index >= 15 is 0 Å². The number of unbranched alkanes of at least 4 members (excludes halogenated alkanes) is 1. The number of likely N-dealkylation sites (N-methyl/N-ethyl adjacent to an activating group) is 1. The highest BCUT2D eigenvalue weighted by Gasteiger charge is 2.10. The van der Waals surface area contributed by atoms with Crippen molar-refractivity contribution in [1.29, 1.82) is 0 Å². The van der Waals surface area contributed by atoms with E-state index in [4.69, 9.17) is 0 Å². The molecule has 2 nitrogen and oxygen atoms in total. The van der Waals surface area contributed by atoms with Gasteiger partial charge in [0.1, 0.15) is 0 Å². The molecule has 1 aliphatic rings. The van der Waals surface area contributed by atoms with E-state index in [1.165, 1.54) is 52.0 Å². The van der Waals surface area contributed by atoms with Crippen LogP contribution in [0, 0.1) is 0 Å². The summed E-state index contributed by atoms with van der Waals surface area (Å²) in [6.07, 6.45) is 4.04. The van der Waals surface area contributed by atoms with E-state index in [2.05, 4.69) is 23.8 Å². The molecule has 0 atom stereocenters. The third kappa shape index (κ3) is 10.4. The van der Waals surface area contributed by atoms with E-state index in [0.29, 0.717) is 0 Å². The van der Waals surface area contributed by atoms with Gasteiger partial charge in [-0.25, -0.2) is 0 Å². The highest BCUT2D eigenvalue weighted by molar-refractivity contribution is 4.66. The summed E-state index contributed by atoms with van der Waals surface area (Å²) >= 11 is 0. The Morgan fingerprint density at radius 3 is 2.06 bits per heavy atom. The van der Waals surface area contributed by atoms with Gasteiger partial charge in [-0.2, -0.15) is 0 Å². The molecule has 1 aliphatic heterocycles. The Morgan fingerprint density at radius 1 is 0.875 bits per heavy atom. The van der Waals surface area contributed by atoms with E-state index in [0.717, 1.165) is 0 Å². The van der Waals surface area contributed by atoms with Gasteiger partial charge >= 0.3 is 0 Å². The smallest absolute Gasteiger partial charge is 0.0109 e. The average Bonchev–Trinajstić information content (AvgIpc) is 2.57. The van der Waals surface area contributed by atoms with Crippen molar-refractivity contribution in [1.82, 2.24) is 9.80 Å². The second-order valence-corrected chi connectivity index (χ2v) is 3.85. The van der Waals surface area contributed by atoms with E-state index in [-0.39, 0.29) is 0 Å². The Morgan fingerprint density at radius 2 is 1.50 bits per heavy atom. The van der Waals surface area contributed by atoms with Crippen LogP contribution in [0.1, 0.15) is 53.9 Å². The largest absolute Gasteiger partial charge is 0.305 e. The van der Waals surface area contributed by atoms with Gasteiger partial charge in [0, 0.05) is 13.1 Å². The van der Waals surface area contributed by atoms with Crippen LogP contribution in [-0.4, -0.2) is 49.6 Å². The van der Waals surface area contributed by atoms with E-state index in [1.54, 1.807) is 0 Å². The Hall–Kier alpha value is -0.0800. The number of hydrogen-bond acceptors (Lipinski definition) is 2. The predicted octanol–water partition coefficient (Wildman–Crippen LogP) is 3.48. The van der Waals surface area contributed by atoms with Crippen LogP contribution in [0.5, 0.6) is 0 Å². The molecule has 1 heterocycles. The first-order chi connectivity index (χ1) is 7.83. The lowest BCUT2D eigenvalue weighted by Crippen LogP contribution is -2.29. The molecule has 1 fully saturated rings. The Labute approximate surface area is 104 Å². The lowest BCUT2D eigenvalue weighted by Gasteiger charge is -2.19. The third-order valence-corrected chi connectivity index (χ3v) is 2.64. The van der Waals surface area contributed by atoms with E-state index in [9.17, 15) is 0 Å². The molecular formula is C14H34N2. The molecule has 0 bridgehead atoms. The molecule has 16 heavy (non-hydrogen) atoms. The van der Waals surface area contributed by atoms with Crippen molar-refractivity contribution in [3.8, 4) is 0 Å². The molecule has 1 rings (SSSR count). The zero-order valence-corrected chi connectivity index (χ0v) is 12.6. The van der Waals surface area contributed by atoms with Crippen LogP contribution in [0.2, 0.25) is 0 Å². The summed E-state index contributed by atoms with van der Waals surface area (Å²) in [5.74, 6) is 0. The van der Waals surface area contributed by atoms with Crippen molar-refractivity contribution in [3.63, 3.8) is 0 Å². The third-order valence-electron chi connectivity index (χ3n) is 2.64. The van der Waals surface area contributed by atoms with Crippen molar-refractivity contribution < 1.29 is 0 Å². The van der Waals surface area contributed by atoms with E-state index in [1.807, 2.05) is 27.7 Å². The molecule has 0 aromatic heterocycles. The van der Waals surface area contributed by atoms with Crippen LogP contribution >= 0.6 is 0 Å². The Bertz CT molecular complexity index is 113. The fraction of sp³-hybridized carbons (Fsp3) is 1.00. The molecule has 0 amide bonds. The van der Waals surface area contributed by atoms with Crippen molar-refractivity contribution >= 4 is 0 Å². The van der Waals surface area contributed by atoms with Crippen LogP contribution in [0.15, 0.2) is 0 Å². The fourth-order valence-corrected chi connectivity index (χ4v) is 1.71. The predicted molar refractivity (Wildman–Crippen MR) is 76.2 cm³/mol. The first-order valence-electron chi connectivity index (χ1n) is 7.24. The van der Waals surface area contributed by atoms with Crippen molar-refractivity contribution in [2.24, 2.45) is 0 Å². The van der Waals surface area contributed by atoms with Gasteiger partial charge < -0.3 is 9.80 Å². The lowest BCUT2D eigenvalue weighted by molar-refractivity contribution is 0.273. The number of rotatable bonds is 3. The molecule has 0 spiro atoms. The minimum atomic E-state index is 1.25. The minimum absolute atomic E-state index is 1.25. The van der Waals surface area contributed by atoms with Crippen molar-refractivity contribution in [2.75, 3.05) is 39.8 Å². The van der Waals surface area contributed by atoms with Gasteiger partial charge in [0.2, 0.25) is 0 Å². The SMILES string of the molecule is CC.CC.CCCCN1CCCN(C)CC1. The lowest BCUT2D eigenvalue weighted by atomic mass is 10.3. The summed E-state index contributed by atoms with van der Waals surface area (Å²) in [5, 5.41) is 0. The standard InChI is InChI=1S/C10H22N2.2C2H6/c1-3-4-7-12-8-5-6-11(2)9-10-12;2*1-2/h3-10H2,1-2H3;2*1-2H3. The maximum atomic E-state index is 2.60. The molecule has 2 heteroatoms. The van der Waals surface area contributed by atoms with Gasteiger partial charge in [0.05, 0.1) is 0 Å². The van der Waals surface area contributed by atoms with Crippen LogP contribution in [0.3, 0.4) is 0 Å². The monoisotopic (exact) mass is 230 g/mol. The van der Waals surface area contributed by atoms with Crippen molar-refractivity contribution in [2.45, 2.75) is 53.9 Å².